The number of hydrogen-bond donors (Lipinski definition) is 1. The first-order chi connectivity index (χ1) is 10.2. The molecule has 1 unspecified atom stereocenters. The highest BCUT2D eigenvalue weighted by atomic mass is 15.2. The Balaban J connectivity index is 1.81. The van der Waals surface area contributed by atoms with Crippen molar-refractivity contribution in [2.24, 2.45) is 0 Å². The van der Waals surface area contributed by atoms with Crippen LogP contribution in [0.15, 0.2) is 48.5 Å². The van der Waals surface area contributed by atoms with Gasteiger partial charge in [0.25, 0.3) is 0 Å². The predicted octanol–water partition coefficient (Wildman–Crippen LogP) is 4.77. The van der Waals surface area contributed by atoms with E-state index >= 15 is 0 Å². The second-order valence-corrected chi connectivity index (χ2v) is 5.99. The molecule has 1 aliphatic heterocycles. The minimum Gasteiger partial charge on any atom is -0.377 e. The molecule has 1 fully saturated rings. The minimum absolute atomic E-state index is 0.314. The van der Waals surface area contributed by atoms with Gasteiger partial charge >= 0.3 is 0 Å². The molecular formula is C19H24N2. The van der Waals surface area contributed by atoms with Gasteiger partial charge in [0.15, 0.2) is 0 Å². The van der Waals surface area contributed by atoms with Gasteiger partial charge in [0.1, 0.15) is 0 Å². The summed E-state index contributed by atoms with van der Waals surface area (Å²) < 4.78 is 0. The zero-order valence-electron chi connectivity index (χ0n) is 13.0. The van der Waals surface area contributed by atoms with E-state index < -0.39 is 0 Å². The highest BCUT2D eigenvalue weighted by Gasteiger charge is 2.16. The smallest absolute Gasteiger partial charge is 0.0602 e. The fraction of sp³-hybridized carbons (Fsp3) is 0.368. The van der Waals surface area contributed by atoms with Gasteiger partial charge in [0, 0.05) is 19.1 Å². The molecule has 3 rings (SSSR count). The molecule has 2 heteroatoms. The molecule has 110 valence electrons. The molecule has 1 atom stereocenters. The molecule has 1 saturated heterocycles. The Kier molecular flexibility index (Phi) is 4.14. The van der Waals surface area contributed by atoms with E-state index in [0.29, 0.717) is 6.04 Å². The van der Waals surface area contributed by atoms with Crippen molar-refractivity contribution in [3.8, 4) is 0 Å². The lowest BCUT2D eigenvalue weighted by molar-refractivity contribution is 0.876. The monoisotopic (exact) mass is 280 g/mol. The van der Waals surface area contributed by atoms with Crippen LogP contribution in [0.1, 0.15) is 36.9 Å². The van der Waals surface area contributed by atoms with Crippen LogP contribution in [-0.2, 0) is 0 Å². The summed E-state index contributed by atoms with van der Waals surface area (Å²) in [5, 5.41) is 3.69. The Labute approximate surface area is 127 Å². The van der Waals surface area contributed by atoms with Crippen molar-refractivity contribution >= 4 is 11.4 Å². The topological polar surface area (TPSA) is 15.3 Å². The minimum atomic E-state index is 0.314. The maximum atomic E-state index is 3.69. The van der Waals surface area contributed by atoms with Crippen LogP contribution >= 0.6 is 0 Å². The van der Waals surface area contributed by atoms with E-state index in [0.717, 1.165) is 0 Å². The van der Waals surface area contributed by atoms with E-state index in [2.05, 4.69) is 72.6 Å². The van der Waals surface area contributed by atoms with Gasteiger partial charge < -0.3 is 10.2 Å². The van der Waals surface area contributed by atoms with E-state index in [4.69, 9.17) is 0 Å². The van der Waals surface area contributed by atoms with E-state index in [-0.39, 0.29) is 0 Å². The van der Waals surface area contributed by atoms with Crippen LogP contribution in [0.5, 0.6) is 0 Å². The molecule has 21 heavy (non-hydrogen) atoms. The van der Waals surface area contributed by atoms with Crippen molar-refractivity contribution in [1.82, 2.24) is 0 Å². The molecule has 2 aromatic rings. The maximum Gasteiger partial charge on any atom is 0.0602 e. The molecule has 0 bridgehead atoms. The maximum absolute atomic E-state index is 3.69. The van der Waals surface area contributed by atoms with Crippen LogP contribution in [0.4, 0.5) is 11.4 Å². The molecule has 2 aromatic carbocycles. The molecule has 0 radical (unpaired) electrons. The molecule has 0 amide bonds. The van der Waals surface area contributed by atoms with E-state index in [1.807, 2.05) is 0 Å². The third-order valence-electron chi connectivity index (χ3n) is 4.26. The molecular weight excluding hydrogens is 256 g/mol. The summed E-state index contributed by atoms with van der Waals surface area (Å²) in [4.78, 5) is 2.49. The van der Waals surface area contributed by atoms with Crippen molar-refractivity contribution in [3.63, 3.8) is 0 Å². The van der Waals surface area contributed by atoms with Crippen molar-refractivity contribution < 1.29 is 0 Å². The second kappa shape index (κ2) is 6.21. The van der Waals surface area contributed by atoms with E-state index in [1.165, 1.54) is 48.4 Å². The first-order valence-corrected chi connectivity index (χ1v) is 7.91. The fourth-order valence-electron chi connectivity index (χ4n) is 3.09. The average molecular weight is 280 g/mol. The van der Waals surface area contributed by atoms with Crippen LogP contribution in [-0.4, -0.2) is 13.1 Å². The predicted molar refractivity (Wildman–Crippen MR) is 91.1 cm³/mol. The second-order valence-electron chi connectivity index (χ2n) is 5.99. The Morgan fingerprint density at radius 1 is 1.00 bits per heavy atom. The van der Waals surface area contributed by atoms with E-state index in [1.54, 1.807) is 0 Å². The SMILES string of the molecule is Cc1cccc(C(C)Nc2ccccc2N2CCCC2)c1. The zero-order chi connectivity index (χ0) is 14.7. The summed E-state index contributed by atoms with van der Waals surface area (Å²) in [5.74, 6) is 0. The van der Waals surface area contributed by atoms with Gasteiger partial charge in [-0.1, -0.05) is 42.0 Å². The highest BCUT2D eigenvalue weighted by Crippen LogP contribution is 2.31. The Morgan fingerprint density at radius 2 is 1.76 bits per heavy atom. The van der Waals surface area contributed by atoms with Crippen LogP contribution in [0.2, 0.25) is 0 Å². The van der Waals surface area contributed by atoms with Crippen LogP contribution in [0.25, 0.3) is 0 Å². The molecule has 0 aliphatic carbocycles. The van der Waals surface area contributed by atoms with Gasteiger partial charge in [0.05, 0.1) is 11.4 Å². The number of para-hydroxylation sites is 2. The van der Waals surface area contributed by atoms with Crippen molar-refractivity contribution in [1.29, 1.82) is 0 Å². The van der Waals surface area contributed by atoms with Crippen molar-refractivity contribution in [2.45, 2.75) is 32.7 Å². The lowest BCUT2D eigenvalue weighted by Gasteiger charge is -2.24. The molecule has 1 aliphatic rings. The summed E-state index contributed by atoms with van der Waals surface area (Å²) in [7, 11) is 0. The van der Waals surface area contributed by atoms with Crippen molar-refractivity contribution in [2.75, 3.05) is 23.3 Å². The van der Waals surface area contributed by atoms with Crippen LogP contribution in [0.3, 0.4) is 0 Å². The van der Waals surface area contributed by atoms with Gasteiger partial charge in [-0.15, -0.1) is 0 Å². The molecule has 0 spiro atoms. The lowest BCUT2D eigenvalue weighted by atomic mass is 10.1. The molecule has 1 N–H and O–H groups in total. The third-order valence-corrected chi connectivity index (χ3v) is 4.26. The largest absolute Gasteiger partial charge is 0.377 e. The van der Waals surface area contributed by atoms with Gasteiger partial charge in [0.2, 0.25) is 0 Å². The van der Waals surface area contributed by atoms with Crippen molar-refractivity contribution in [3.05, 3.63) is 59.7 Å². The highest BCUT2D eigenvalue weighted by molar-refractivity contribution is 5.70. The van der Waals surface area contributed by atoms with Gasteiger partial charge in [-0.25, -0.2) is 0 Å². The molecule has 2 nitrogen and oxygen atoms in total. The quantitative estimate of drug-likeness (QED) is 0.868. The Bertz CT molecular complexity index is 600. The third kappa shape index (κ3) is 3.21. The number of nitrogens with one attached hydrogen (secondary N) is 1. The number of nitrogens with zero attached hydrogens (tertiary/aromatic N) is 1. The summed E-state index contributed by atoms with van der Waals surface area (Å²) in [6.45, 7) is 6.74. The lowest BCUT2D eigenvalue weighted by Crippen LogP contribution is -2.20. The molecule has 0 saturated carbocycles. The molecule has 0 aromatic heterocycles. The number of hydrogen-bond acceptors (Lipinski definition) is 2. The summed E-state index contributed by atoms with van der Waals surface area (Å²) in [5.41, 5.74) is 5.24. The van der Waals surface area contributed by atoms with Crippen LogP contribution < -0.4 is 10.2 Å². The molecule has 1 heterocycles. The average Bonchev–Trinajstić information content (AvgIpc) is 3.02. The normalized spacial score (nSPS) is 16.0. The summed E-state index contributed by atoms with van der Waals surface area (Å²) >= 11 is 0. The van der Waals surface area contributed by atoms with Gasteiger partial charge in [-0.3, -0.25) is 0 Å². The Morgan fingerprint density at radius 3 is 2.52 bits per heavy atom. The first-order valence-electron chi connectivity index (χ1n) is 7.91. The number of aryl methyl sites for hydroxylation is 1. The summed E-state index contributed by atoms with van der Waals surface area (Å²) in [6, 6.07) is 17.7. The number of rotatable bonds is 4. The fourth-order valence-corrected chi connectivity index (χ4v) is 3.09. The number of anilines is 2. The first kappa shape index (κ1) is 14.0. The van der Waals surface area contributed by atoms with E-state index in [9.17, 15) is 0 Å². The Hall–Kier alpha value is -1.96. The standard InChI is InChI=1S/C19H24N2/c1-15-8-7-9-17(14-15)16(2)20-18-10-3-4-11-19(18)21-12-5-6-13-21/h3-4,7-11,14,16,20H,5-6,12-13H2,1-2H3. The van der Waals surface area contributed by atoms with Crippen LogP contribution in [0, 0.1) is 6.92 Å². The van der Waals surface area contributed by atoms with Gasteiger partial charge in [-0.2, -0.15) is 0 Å². The zero-order valence-corrected chi connectivity index (χ0v) is 13.0. The van der Waals surface area contributed by atoms with Gasteiger partial charge in [-0.05, 0) is 44.4 Å². The summed E-state index contributed by atoms with van der Waals surface area (Å²) in [6.07, 6.45) is 2.61. The number of benzene rings is 2.